The van der Waals surface area contributed by atoms with Gasteiger partial charge in [0.05, 0.1) is 11.0 Å². The van der Waals surface area contributed by atoms with Crippen LogP contribution < -0.4 is 10.9 Å². The van der Waals surface area contributed by atoms with E-state index < -0.39 is 0 Å². The molecule has 28 heavy (non-hydrogen) atoms. The summed E-state index contributed by atoms with van der Waals surface area (Å²) >= 11 is 6.14. The van der Waals surface area contributed by atoms with E-state index >= 15 is 0 Å². The van der Waals surface area contributed by atoms with Crippen molar-refractivity contribution in [2.45, 2.75) is 6.54 Å². The molecule has 6 heteroatoms. The van der Waals surface area contributed by atoms with Crippen molar-refractivity contribution in [1.29, 1.82) is 0 Å². The van der Waals surface area contributed by atoms with E-state index in [4.69, 9.17) is 16.6 Å². The molecular weight excluding hydrogens is 374 g/mol. The Morgan fingerprint density at radius 1 is 1.11 bits per heavy atom. The molecule has 1 aliphatic rings. The van der Waals surface area contributed by atoms with E-state index in [1.54, 1.807) is 0 Å². The maximum atomic E-state index is 13.1. The van der Waals surface area contributed by atoms with Crippen LogP contribution in [0.25, 0.3) is 21.5 Å². The Morgan fingerprint density at radius 3 is 2.68 bits per heavy atom. The molecule has 140 valence electrons. The molecule has 2 heterocycles. The van der Waals surface area contributed by atoms with Gasteiger partial charge >= 0.3 is 0 Å². The van der Waals surface area contributed by atoms with Crippen molar-refractivity contribution >= 4 is 38.8 Å². The molecule has 5 nitrogen and oxygen atoms in total. The molecule has 1 aromatic heterocycles. The molecule has 0 aliphatic carbocycles. The molecule has 0 atom stereocenters. The van der Waals surface area contributed by atoms with E-state index in [0.717, 1.165) is 32.3 Å². The van der Waals surface area contributed by atoms with Gasteiger partial charge in [-0.05, 0) is 43.7 Å². The van der Waals surface area contributed by atoms with Gasteiger partial charge in [0.25, 0.3) is 5.56 Å². The summed E-state index contributed by atoms with van der Waals surface area (Å²) in [5.74, 6) is -0.0115. The van der Waals surface area contributed by atoms with Gasteiger partial charge in [0.1, 0.15) is 0 Å². The summed E-state index contributed by atoms with van der Waals surface area (Å²) in [5, 5.41) is 17.3. The van der Waals surface area contributed by atoms with Crippen molar-refractivity contribution in [3.63, 3.8) is 0 Å². The predicted molar refractivity (Wildman–Crippen MR) is 111 cm³/mol. The summed E-state index contributed by atoms with van der Waals surface area (Å²) in [7, 11) is 3.88. The van der Waals surface area contributed by atoms with Gasteiger partial charge in [0, 0.05) is 44.7 Å². The first-order valence-corrected chi connectivity index (χ1v) is 9.48. The van der Waals surface area contributed by atoms with Crippen molar-refractivity contribution in [1.82, 2.24) is 9.47 Å². The zero-order valence-corrected chi connectivity index (χ0v) is 16.3. The molecule has 0 unspecified atom stereocenters. The quantitative estimate of drug-likeness (QED) is 0.513. The molecular formula is C22H18ClN3O2. The van der Waals surface area contributed by atoms with Crippen molar-refractivity contribution in [3.8, 4) is 5.88 Å². The zero-order chi connectivity index (χ0) is 19.6. The van der Waals surface area contributed by atoms with Crippen LogP contribution in [0.15, 0.2) is 52.3 Å². The van der Waals surface area contributed by atoms with Gasteiger partial charge in [0.15, 0.2) is 0 Å². The summed E-state index contributed by atoms with van der Waals surface area (Å²) in [6, 6.07) is 13.2. The Bertz CT molecular complexity index is 1490. The van der Waals surface area contributed by atoms with Crippen LogP contribution in [-0.2, 0) is 6.54 Å². The first-order chi connectivity index (χ1) is 13.5. The summed E-state index contributed by atoms with van der Waals surface area (Å²) in [5.41, 5.74) is 0.606. The maximum absolute atomic E-state index is 13.1. The van der Waals surface area contributed by atoms with Gasteiger partial charge in [-0.25, -0.2) is 4.99 Å². The molecule has 3 aromatic carbocycles. The minimum absolute atomic E-state index is 0.0115. The molecule has 0 amide bonds. The van der Waals surface area contributed by atoms with Gasteiger partial charge in [0.2, 0.25) is 5.88 Å². The van der Waals surface area contributed by atoms with Crippen molar-refractivity contribution in [2.75, 3.05) is 20.6 Å². The van der Waals surface area contributed by atoms with E-state index in [1.807, 2.05) is 61.5 Å². The molecule has 0 saturated carbocycles. The Balaban J connectivity index is 1.97. The molecule has 0 bridgehead atoms. The highest BCUT2D eigenvalue weighted by Gasteiger charge is 2.19. The average molecular weight is 392 g/mol. The number of aromatic hydroxyl groups is 1. The number of fused-ring (bicyclic) bond motifs is 3. The van der Waals surface area contributed by atoms with Crippen LogP contribution in [-0.4, -0.2) is 35.2 Å². The third-order valence-corrected chi connectivity index (χ3v) is 5.59. The molecule has 4 aromatic rings. The third kappa shape index (κ3) is 2.37. The summed E-state index contributed by atoms with van der Waals surface area (Å²) in [4.78, 5) is 19.8. The van der Waals surface area contributed by atoms with Crippen LogP contribution in [0.4, 0.5) is 5.69 Å². The fraction of sp³-hybridized carbons (Fsp3) is 0.182. The molecule has 1 aliphatic heterocycles. The van der Waals surface area contributed by atoms with Crippen LogP contribution in [0.3, 0.4) is 0 Å². The number of nitrogens with zero attached hydrogens (tertiary/aromatic N) is 3. The summed E-state index contributed by atoms with van der Waals surface area (Å²) in [6.07, 6.45) is 0. The largest absolute Gasteiger partial charge is 0.494 e. The SMILES string of the molecule is CN(C)CCn1c(O)c2cc3c(c4cccc(c1=O)c24)=c1ccc(Cl)cc1=N3. The number of hydrogen-bond acceptors (Lipinski definition) is 4. The fourth-order valence-corrected chi connectivity index (χ4v) is 4.19. The highest BCUT2D eigenvalue weighted by Crippen LogP contribution is 2.37. The first-order valence-electron chi connectivity index (χ1n) is 9.10. The normalized spacial score (nSPS) is 12.6. The molecule has 1 N–H and O–H groups in total. The molecule has 0 radical (unpaired) electrons. The van der Waals surface area contributed by atoms with Crippen molar-refractivity contribution < 1.29 is 5.11 Å². The second kappa shape index (κ2) is 6.06. The second-order valence-corrected chi connectivity index (χ2v) is 7.84. The zero-order valence-electron chi connectivity index (χ0n) is 15.5. The maximum Gasteiger partial charge on any atom is 0.261 e. The third-order valence-electron chi connectivity index (χ3n) is 5.35. The monoisotopic (exact) mass is 391 g/mol. The lowest BCUT2D eigenvalue weighted by molar-refractivity contribution is 0.353. The average Bonchev–Trinajstić information content (AvgIpc) is 3.02. The minimum Gasteiger partial charge on any atom is -0.494 e. The molecule has 0 saturated heterocycles. The number of aromatic nitrogens is 1. The van der Waals surface area contributed by atoms with Crippen LogP contribution in [0.1, 0.15) is 0 Å². The van der Waals surface area contributed by atoms with Crippen LogP contribution in [0.2, 0.25) is 5.02 Å². The van der Waals surface area contributed by atoms with Crippen molar-refractivity contribution in [3.05, 3.63) is 73.6 Å². The van der Waals surface area contributed by atoms with Gasteiger partial charge in [-0.2, -0.15) is 0 Å². The number of halogens is 1. The van der Waals surface area contributed by atoms with E-state index in [2.05, 4.69) is 0 Å². The Kier molecular flexibility index (Phi) is 3.73. The van der Waals surface area contributed by atoms with E-state index in [1.165, 1.54) is 4.57 Å². The Morgan fingerprint density at radius 2 is 1.89 bits per heavy atom. The topological polar surface area (TPSA) is 57.8 Å². The van der Waals surface area contributed by atoms with Crippen LogP contribution in [0, 0.1) is 10.4 Å². The van der Waals surface area contributed by atoms with Crippen molar-refractivity contribution in [2.24, 2.45) is 4.99 Å². The Labute approximate surface area is 165 Å². The summed E-state index contributed by atoms with van der Waals surface area (Å²) in [6.45, 7) is 1.07. The van der Waals surface area contributed by atoms with E-state index in [-0.39, 0.29) is 11.4 Å². The van der Waals surface area contributed by atoms with E-state index in [0.29, 0.717) is 28.9 Å². The lowest BCUT2D eigenvalue weighted by Crippen LogP contribution is -2.26. The predicted octanol–water partition coefficient (Wildman–Crippen LogP) is 3.35. The lowest BCUT2D eigenvalue weighted by Gasteiger charge is -2.16. The highest BCUT2D eigenvalue weighted by atomic mass is 35.5. The molecule has 0 fully saturated rings. The summed E-state index contributed by atoms with van der Waals surface area (Å²) < 4.78 is 1.45. The van der Waals surface area contributed by atoms with Crippen LogP contribution >= 0.6 is 11.6 Å². The van der Waals surface area contributed by atoms with Gasteiger partial charge in [-0.1, -0.05) is 29.8 Å². The molecule has 0 spiro atoms. The highest BCUT2D eigenvalue weighted by molar-refractivity contribution is 6.30. The number of rotatable bonds is 3. The number of benzene rings is 3. The minimum atomic E-state index is -0.177. The second-order valence-electron chi connectivity index (χ2n) is 7.40. The van der Waals surface area contributed by atoms with E-state index in [9.17, 15) is 9.90 Å². The van der Waals surface area contributed by atoms with Gasteiger partial charge in [-0.3, -0.25) is 9.36 Å². The first kappa shape index (κ1) is 17.2. The number of hydrogen-bond donors (Lipinski definition) is 1. The van der Waals surface area contributed by atoms with Crippen LogP contribution in [0.5, 0.6) is 5.88 Å². The standard InChI is InChI=1S/C22H18ClN3O2/c1-25(2)8-9-26-21(27)15-5-3-4-14-19(15)16(22(26)28)11-18-20(14)13-7-6-12(23)10-17(13)24-18/h3-7,10-11,28H,8-9H2,1-2H3. The fourth-order valence-electron chi connectivity index (χ4n) is 4.03. The smallest absolute Gasteiger partial charge is 0.261 e. The molecule has 5 rings (SSSR count). The van der Waals surface area contributed by atoms with Gasteiger partial charge in [-0.15, -0.1) is 0 Å². The lowest BCUT2D eigenvalue weighted by atomic mass is 9.99. The number of likely N-dealkylation sites (N-methyl/N-ethyl adjacent to an activating group) is 1. The number of pyridine rings is 1. The Hall–Kier alpha value is -2.89. The van der Waals surface area contributed by atoms with Gasteiger partial charge < -0.3 is 10.0 Å².